The largest absolute Gasteiger partial charge is 0.481 e. The Morgan fingerprint density at radius 3 is 2.81 bits per heavy atom. The van der Waals surface area contributed by atoms with Crippen LogP contribution in [0.3, 0.4) is 0 Å². The van der Waals surface area contributed by atoms with Crippen molar-refractivity contribution in [3.63, 3.8) is 0 Å². The second-order valence-electron chi connectivity index (χ2n) is 3.85. The lowest BCUT2D eigenvalue weighted by molar-refractivity contribution is -0.133. The van der Waals surface area contributed by atoms with Gasteiger partial charge in [0.15, 0.2) is 11.0 Å². The third-order valence-electron chi connectivity index (χ3n) is 2.50. The number of hydrogen-bond acceptors (Lipinski definition) is 6. The predicted molar refractivity (Wildman–Crippen MR) is 75.4 cm³/mol. The highest BCUT2D eigenvalue weighted by atomic mass is 35.5. The lowest BCUT2D eigenvalue weighted by atomic mass is 10.2. The number of nitrogens with zero attached hydrogens (tertiary/aromatic N) is 4. The number of carbonyl (C=O) groups is 1. The minimum absolute atomic E-state index is 0.187. The van der Waals surface area contributed by atoms with Crippen molar-refractivity contribution in [3.8, 4) is 11.8 Å². The Morgan fingerprint density at radius 1 is 1.48 bits per heavy atom. The number of aliphatic carboxylic acids is 1. The van der Waals surface area contributed by atoms with Crippen molar-refractivity contribution in [2.75, 3.05) is 5.75 Å². The number of aliphatic hydroxyl groups excluding tert-OH is 1. The van der Waals surface area contributed by atoms with Crippen LogP contribution in [-0.2, 0) is 11.4 Å². The van der Waals surface area contributed by atoms with Gasteiger partial charge in [-0.15, -0.1) is 10.2 Å². The van der Waals surface area contributed by atoms with Gasteiger partial charge in [0.2, 0.25) is 0 Å². The highest BCUT2D eigenvalue weighted by molar-refractivity contribution is 7.99. The van der Waals surface area contributed by atoms with Gasteiger partial charge in [0, 0.05) is 0 Å². The van der Waals surface area contributed by atoms with Crippen LogP contribution in [0.2, 0.25) is 5.02 Å². The Kier molecular flexibility index (Phi) is 4.80. The van der Waals surface area contributed by atoms with Crippen molar-refractivity contribution in [1.82, 2.24) is 14.8 Å². The molecule has 0 amide bonds. The van der Waals surface area contributed by atoms with Crippen LogP contribution in [0.5, 0.6) is 0 Å². The van der Waals surface area contributed by atoms with E-state index in [4.69, 9.17) is 22.0 Å². The van der Waals surface area contributed by atoms with E-state index in [1.807, 2.05) is 6.07 Å². The number of carboxylic acid groups (broad SMARTS) is 1. The van der Waals surface area contributed by atoms with Crippen LogP contribution < -0.4 is 0 Å². The number of hydrogen-bond donors (Lipinski definition) is 2. The molecule has 0 aliphatic carbocycles. The standard InChI is InChI=1S/C12H9ClN4O3S/c13-9-3-8(2-1-7(9)4-14)17-10(5-18)15-16-12(17)21-6-11(19)20/h1-3,18H,5-6H2,(H,19,20). The maximum absolute atomic E-state index is 10.6. The van der Waals surface area contributed by atoms with Gasteiger partial charge >= 0.3 is 5.97 Å². The minimum atomic E-state index is -0.988. The third-order valence-corrected chi connectivity index (χ3v) is 3.72. The summed E-state index contributed by atoms with van der Waals surface area (Å²) in [6.07, 6.45) is 0. The van der Waals surface area contributed by atoms with Gasteiger partial charge < -0.3 is 10.2 Å². The number of benzene rings is 1. The molecular weight excluding hydrogens is 316 g/mol. The van der Waals surface area contributed by atoms with E-state index >= 15 is 0 Å². The Labute approximate surface area is 128 Å². The van der Waals surface area contributed by atoms with E-state index in [1.165, 1.54) is 16.7 Å². The van der Waals surface area contributed by atoms with E-state index in [0.29, 0.717) is 16.4 Å². The average Bonchev–Trinajstić information content (AvgIpc) is 2.87. The predicted octanol–water partition coefficient (Wildman–Crippen LogP) is 1.46. The molecule has 0 unspecified atom stereocenters. The summed E-state index contributed by atoms with van der Waals surface area (Å²) in [6, 6.07) is 6.64. The molecule has 0 saturated heterocycles. The third kappa shape index (κ3) is 3.33. The molecule has 0 aliphatic rings. The highest BCUT2D eigenvalue weighted by Crippen LogP contribution is 2.25. The lowest BCUT2D eigenvalue weighted by Crippen LogP contribution is -2.05. The van der Waals surface area contributed by atoms with Gasteiger partial charge in [-0.1, -0.05) is 23.4 Å². The molecule has 2 aromatic rings. The number of aromatic nitrogens is 3. The Hall–Kier alpha value is -2.08. The van der Waals surface area contributed by atoms with E-state index in [2.05, 4.69) is 10.2 Å². The monoisotopic (exact) mass is 324 g/mol. The zero-order valence-electron chi connectivity index (χ0n) is 10.5. The SMILES string of the molecule is N#Cc1ccc(-n2c(CO)nnc2SCC(=O)O)cc1Cl. The van der Waals surface area contributed by atoms with Crippen LogP contribution in [0.4, 0.5) is 0 Å². The van der Waals surface area contributed by atoms with Gasteiger partial charge in [-0.3, -0.25) is 9.36 Å². The van der Waals surface area contributed by atoms with Gasteiger partial charge in [-0.05, 0) is 18.2 Å². The molecule has 21 heavy (non-hydrogen) atoms. The summed E-state index contributed by atoms with van der Waals surface area (Å²) in [5, 5.41) is 35.1. The molecule has 0 spiro atoms. The van der Waals surface area contributed by atoms with Crippen LogP contribution in [0.25, 0.3) is 5.69 Å². The van der Waals surface area contributed by atoms with Crippen LogP contribution >= 0.6 is 23.4 Å². The Balaban J connectivity index is 2.46. The highest BCUT2D eigenvalue weighted by Gasteiger charge is 2.16. The first kappa shape index (κ1) is 15.3. The van der Waals surface area contributed by atoms with Crippen LogP contribution in [0.1, 0.15) is 11.4 Å². The first-order chi connectivity index (χ1) is 10.1. The number of halogens is 1. The van der Waals surface area contributed by atoms with Crippen molar-refractivity contribution in [1.29, 1.82) is 5.26 Å². The number of carboxylic acids is 1. The molecule has 0 bridgehead atoms. The summed E-state index contributed by atoms with van der Waals surface area (Å²) >= 11 is 6.95. The van der Waals surface area contributed by atoms with Crippen molar-refractivity contribution >= 4 is 29.3 Å². The quantitative estimate of drug-likeness (QED) is 0.800. The van der Waals surface area contributed by atoms with E-state index in [0.717, 1.165) is 11.8 Å². The summed E-state index contributed by atoms with van der Waals surface area (Å²) in [5.74, 6) is -0.922. The first-order valence-electron chi connectivity index (χ1n) is 5.66. The van der Waals surface area contributed by atoms with Gasteiger partial charge in [-0.25, -0.2) is 0 Å². The van der Waals surface area contributed by atoms with Crippen molar-refractivity contribution in [3.05, 3.63) is 34.6 Å². The molecule has 9 heteroatoms. The van der Waals surface area contributed by atoms with Crippen LogP contribution in [0, 0.1) is 11.3 Å². The average molecular weight is 325 g/mol. The van der Waals surface area contributed by atoms with Crippen molar-refractivity contribution < 1.29 is 15.0 Å². The molecule has 2 N–H and O–H groups in total. The van der Waals surface area contributed by atoms with Gasteiger partial charge in [0.05, 0.1) is 22.0 Å². The zero-order valence-corrected chi connectivity index (χ0v) is 12.1. The van der Waals surface area contributed by atoms with E-state index in [9.17, 15) is 9.90 Å². The molecule has 7 nitrogen and oxygen atoms in total. The van der Waals surface area contributed by atoms with E-state index in [1.54, 1.807) is 6.07 Å². The molecule has 0 atom stereocenters. The lowest BCUT2D eigenvalue weighted by Gasteiger charge is -2.09. The summed E-state index contributed by atoms with van der Waals surface area (Å²) in [7, 11) is 0. The molecule has 1 aromatic carbocycles. The van der Waals surface area contributed by atoms with Crippen LogP contribution in [-0.4, -0.2) is 36.7 Å². The summed E-state index contributed by atoms with van der Waals surface area (Å²) in [4.78, 5) is 10.6. The number of aliphatic hydroxyl groups is 1. The second-order valence-corrected chi connectivity index (χ2v) is 5.20. The molecule has 1 aromatic heterocycles. The summed E-state index contributed by atoms with van der Waals surface area (Å²) in [6.45, 7) is -0.363. The molecule has 0 aliphatic heterocycles. The Bertz CT molecular complexity index is 726. The smallest absolute Gasteiger partial charge is 0.313 e. The van der Waals surface area contributed by atoms with Crippen molar-refractivity contribution in [2.45, 2.75) is 11.8 Å². The molecule has 2 rings (SSSR count). The summed E-state index contributed by atoms with van der Waals surface area (Å²) in [5.41, 5.74) is 0.861. The fraction of sp³-hybridized carbons (Fsp3) is 0.167. The van der Waals surface area contributed by atoms with E-state index < -0.39 is 5.97 Å². The first-order valence-corrected chi connectivity index (χ1v) is 7.03. The molecule has 108 valence electrons. The molecule has 1 heterocycles. The maximum atomic E-state index is 10.6. The topological polar surface area (TPSA) is 112 Å². The van der Waals surface area contributed by atoms with Crippen LogP contribution in [0.15, 0.2) is 23.4 Å². The zero-order chi connectivity index (χ0) is 15.4. The fourth-order valence-corrected chi connectivity index (χ4v) is 2.52. The molecular formula is C12H9ClN4O3S. The summed E-state index contributed by atoms with van der Waals surface area (Å²) < 4.78 is 1.50. The van der Waals surface area contributed by atoms with Crippen molar-refractivity contribution in [2.24, 2.45) is 0 Å². The number of nitriles is 1. The van der Waals surface area contributed by atoms with Gasteiger partial charge in [-0.2, -0.15) is 5.26 Å². The van der Waals surface area contributed by atoms with Gasteiger partial charge in [0.1, 0.15) is 12.7 Å². The minimum Gasteiger partial charge on any atom is -0.481 e. The molecule has 0 saturated carbocycles. The normalized spacial score (nSPS) is 10.3. The molecule has 0 radical (unpaired) electrons. The van der Waals surface area contributed by atoms with Gasteiger partial charge in [0.25, 0.3) is 0 Å². The molecule has 0 fully saturated rings. The van der Waals surface area contributed by atoms with E-state index in [-0.39, 0.29) is 23.2 Å². The number of thioether (sulfide) groups is 1. The fourth-order valence-electron chi connectivity index (χ4n) is 1.62. The maximum Gasteiger partial charge on any atom is 0.313 e. The second kappa shape index (κ2) is 6.58. The Morgan fingerprint density at radius 2 is 2.24 bits per heavy atom. The number of rotatable bonds is 5.